The van der Waals surface area contributed by atoms with Crippen LogP contribution >= 0.6 is 0 Å². The molecule has 6 nitrogen and oxygen atoms in total. The van der Waals surface area contributed by atoms with Crippen LogP contribution in [0.5, 0.6) is 0 Å². The molecule has 2 aromatic carbocycles. The van der Waals surface area contributed by atoms with Gasteiger partial charge in [0.05, 0.1) is 12.1 Å². The van der Waals surface area contributed by atoms with Gasteiger partial charge in [-0.15, -0.1) is 0 Å². The molecule has 1 saturated heterocycles. The van der Waals surface area contributed by atoms with Crippen molar-refractivity contribution in [3.8, 4) is 11.4 Å². The molecule has 0 radical (unpaired) electrons. The van der Waals surface area contributed by atoms with E-state index in [1.165, 1.54) is 22.5 Å². The molecular weight excluding hydrogens is 383 g/mol. The minimum atomic E-state index is -0.461. The summed E-state index contributed by atoms with van der Waals surface area (Å²) in [6, 6.07) is 13.0. The fourth-order valence-electron chi connectivity index (χ4n) is 4.30. The van der Waals surface area contributed by atoms with Crippen LogP contribution in [0.2, 0.25) is 0 Å². The Hall–Kier alpha value is -3.03. The zero-order chi connectivity index (χ0) is 20.8. The largest absolute Gasteiger partial charge is 0.392 e. The number of para-hydroxylation sites is 1. The maximum absolute atomic E-state index is 13.9. The van der Waals surface area contributed by atoms with Gasteiger partial charge in [-0.2, -0.15) is 4.98 Å². The van der Waals surface area contributed by atoms with Gasteiger partial charge in [-0.25, -0.2) is 4.39 Å². The van der Waals surface area contributed by atoms with Crippen molar-refractivity contribution in [2.45, 2.75) is 32.0 Å². The van der Waals surface area contributed by atoms with Crippen molar-refractivity contribution >= 4 is 10.9 Å². The summed E-state index contributed by atoms with van der Waals surface area (Å²) in [6.45, 7) is 2.91. The van der Waals surface area contributed by atoms with E-state index in [4.69, 9.17) is 4.52 Å². The minimum Gasteiger partial charge on any atom is -0.392 e. The first-order valence-electron chi connectivity index (χ1n) is 10.0. The molecule has 0 saturated carbocycles. The number of aliphatic hydroxyl groups excluding tert-OH is 1. The Morgan fingerprint density at radius 1 is 1.23 bits per heavy atom. The molecule has 1 aliphatic rings. The Labute approximate surface area is 173 Å². The van der Waals surface area contributed by atoms with E-state index < -0.39 is 6.10 Å². The number of benzene rings is 2. The maximum atomic E-state index is 13.9. The Kier molecular flexibility index (Phi) is 4.64. The van der Waals surface area contributed by atoms with Crippen LogP contribution in [0.1, 0.15) is 29.5 Å². The third kappa shape index (κ3) is 3.30. The van der Waals surface area contributed by atoms with Crippen molar-refractivity contribution in [3.05, 3.63) is 71.5 Å². The number of nitrogens with zero attached hydrogens (tertiary/aromatic N) is 4. The zero-order valence-electron chi connectivity index (χ0n) is 16.9. The second kappa shape index (κ2) is 7.34. The van der Waals surface area contributed by atoms with Gasteiger partial charge in [0.25, 0.3) is 0 Å². The highest BCUT2D eigenvalue weighted by atomic mass is 19.1. The SMILES string of the molecule is Cc1ccc(-c2noc([C@@H]3C[C@@H](O)CN3Cc3cn(C)c4ccccc34)n2)cc1F. The first-order chi connectivity index (χ1) is 14.5. The molecular formula is C23H23FN4O2. The molecule has 154 valence electrons. The van der Waals surface area contributed by atoms with Gasteiger partial charge < -0.3 is 14.2 Å². The van der Waals surface area contributed by atoms with Gasteiger partial charge in [-0.05, 0) is 36.6 Å². The molecule has 2 aromatic heterocycles. The van der Waals surface area contributed by atoms with Crippen LogP contribution in [0.3, 0.4) is 0 Å². The Bertz CT molecular complexity index is 1220. The molecule has 4 aromatic rings. The van der Waals surface area contributed by atoms with Crippen molar-refractivity contribution in [3.63, 3.8) is 0 Å². The van der Waals surface area contributed by atoms with Gasteiger partial charge in [-0.3, -0.25) is 4.90 Å². The van der Waals surface area contributed by atoms with E-state index >= 15 is 0 Å². The van der Waals surface area contributed by atoms with Gasteiger partial charge in [0.15, 0.2) is 0 Å². The lowest BCUT2D eigenvalue weighted by atomic mass is 10.1. The third-order valence-electron chi connectivity index (χ3n) is 5.89. The van der Waals surface area contributed by atoms with E-state index in [1.807, 2.05) is 19.2 Å². The molecule has 0 spiro atoms. The summed E-state index contributed by atoms with van der Waals surface area (Å²) in [5, 5.41) is 15.6. The van der Waals surface area contributed by atoms with Crippen LogP contribution in [-0.2, 0) is 13.6 Å². The number of halogens is 1. The monoisotopic (exact) mass is 406 g/mol. The number of aliphatic hydroxyl groups is 1. The molecule has 1 fully saturated rings. The van der Waals surface area contributed by atoms with Gasteiger partial charge >= 0.3 is 0 Å². The highest BCUT2D eigenvalue weighted by Crippen LogP contribution is 2.35. The van der Waals surface area contributed by atoms with E-state index in [1.54, 1.807) is 19.1 Å². The summed E-state index contributed by atoms with van der Waals surface area (Å²) in [5.74, 6) is 0.505. The second-order valence-corrected chi connectivity index (χ2v) is 8.04. The first kappa shape index (κ1) is 19.0. The van der Waals surface area contributed by atoms with Crippen molar-refractivity contribution < 1.29 is 14.0 Å². The molecule has 0 unspecified atom stereocenters. The fraction of sp³-hybridized carbons (Fsp3) is 0.304. The van der Waals surface area contributed by atoms with Gasteiger partial charge in [0.1, 0.15) is 5.82 Å². The third-order valence-corrected chi connectivity index (χ3v) is 5.89. The van der Waals surface area contributed by atoms with Crippen LogP contribution in [-0.4, -0.2) is 37.4 Å². The van der Waals surface area contributed by atoms with E-state index in [0.717, 1.165) is 0 Å². The quantitative estimate of drug-likeness (QED) is 0.555. The standard InChI is InChI=1S/C23H23FN4O2/c1-14-7-8-15(9-19(14)24)22-25-23(30-26-22)21-10-17(29)13-28(21)12-16-11-27(2)20-6-4-3-5-18(16)20/h3-9,11,17,21,29H,10,12-13H2,1-2H3/t17-,21+/m1/s1. The molecule has 7 heteroatoms. The second-order valence-electron chi connectivity index (χ2n) is 8.04. The maximum Gasteiger partial charge on any atom is 0.244 e. The Balaban J connectivity index is 1.43. The summed E-state index contributed by atoms with van der Waals surface area (Å²) in [6.07, 6.45) is 2.19. The summed E-state index contributed by atoms with van der Waals surface area (Å²) < 4.78 is 21.6. The van der Waals surface area contributed by atoms with Crippen molar-refractivity contribution in [2.75, 3.05) is 6.54 Å². The van der Waals surface area contributed by atoms with Crippen LogP contribution < -0.4 is 0 Å². The molecule has 0 bridgehead atoms. The number of β-amino-alcohol motifs (C(OH)–C–C–N with tert-alkyl or cyclic N) is 1. The molecule has 5 rings (SSSR count). The predicted molar refractivity (Wildman–Crippen MR) is 111 cm³/mol. The average molecular weight is 406 g/mol. The fourth-order valence-corrected chi connectivity index (χ4v) is 4.30. The first-order valence-corrected chi connectivity index (χ1v) is 10.0. The minimum absolute atomic E-state index is 0.185. The highest BCUT2D eigenvalue weighted by molar-refractivity contribution is 5.83. The van der Waals surface area contributed by atoms with Crippen LogP contribution in [0, 0.1) is 12.7 Å². The van der Waals surface area contributed by atoms with Crippen molar-refractivity contribution in [1.29, 1.82) is 0 Å². The summed E-state index contributed by atoms with van der Waals surface area (Å²) in [5.41, 5.74) is 3.51. The smallest absolute Gasteiger partial charge is 0.244 e. The van der Waals surface area contributed by atoms with E-state index in [9.17, 15) is 9.50 Å². The molecule has 0 amide bonds. The lowest BCUT2D eigenvalue weighted by molar-refractivity contribution is 0.169. The molecule has 30 heavy (non-hydrogen) atoms. The zero-order valence-corrected chi connectivity index (χ0v) is 16.9. The predicted octanol–water partition coefficient (Wildman–Crippen LogP) is 3.98. The van der Waals surface area contributed by atoms with Crippen LogP contribution in [0.15, 0.2) is 53.2 Å². The number of fused-ring (bicyclic) bond motifs is 1. The van der Waals surface area contributed by atoms with Crippen molar-refractivity contribution in [1.82, 2.24) is 19.6 Å². The van der Waals surface area contributed by atoms with E-state index in [0.29, 0.717) is 42.4 Å². The van der Waals surface area contributed by atoms with Crippen LogP contribution in [0.4, 0.5) is 4.39 Å². The number of aryl methyl sites for hydroxylation is 2. The number of hydrogen-bond acceptors (Lipinski definition) is 5. The van der Waals surface area contributed by atoms with Crippen molar-refractivity contribution in [2.24, 2.45) is 7.05 Å². The topological polar surface area (TPSA) is 67.3 Å². The Morgan fingerprint density at radius 2 is 2.07 bits per heavy atom. The lowest BCUT2D eigenvalue weighted by Gasteiger charge is -2.20. The molecule has 1 N–H and O–H groups in total. The van der Waals surface area contributed by atoms with E-state index in [2.05, 4.69) is 37.9 Å². The molecule has 3 heterocycles. The molecule has 0 aliphatic carbocycles. The van der Waals surface area contributed by atoms with Gasteiger partial charge in [0, 0.05) is 42.8 Å². The number of likely N-dealkylation sites (tertiary alicyclic amines) is 1. The van der Waals surface area contributed by atoms with Gasteiger partial charge in [0.2, 0.25) is 11.7 Å². The summed E-state index contributed by atoms with van der Waals surface area (Å²) in [4.78, 5) is 6.69. The Morgan fingerprint density at radius 3 is 2.90 bits per heavy atom. The van der Waals surface area contributed by atoms with E-state index in [-0.39, 0.29) is 11.9 Å². The highest BCUT2D eigenvalue weighted by Gasteiger charge is 2.36. The van der Waals surface area contributed by atoms with Gasteiger partial charge in [-0.1, -0.05) is 35.5 Å². The molecule has 2 atom stereocenters. The normalized spacial score (nSPS) is 19.7. The lowest BCUT2D eigenvalue weighted by Crippen LogP contribution is -2.24. The molecule has 1 aliphatic heterocycles. The number of rotatable bonds is 4. The number of aromatic nitrogens is 3. The van der Waals surface area contributed by atoms with Crippen LogP contribution in [0.25, 0.3) is 22.3 Å². The summed E-state index contributed by atoms with van der Waals surface area (Å²) in [7, 11) is 2.03. The number of hydrogen-bond donors (Lipinski definition) is 1. The summed E-state index contributed by atoms with van der Waals surface area (Å²) >= 11 is 0. The average Bonchev–Trinajstić information content (AvgIpc) is 3.43.